The Balaban J connectivity index is 2.09. The van der Waals surface area contributed by atoms with Crippen molar-refractivity contribution in [3.05, 3.63) is 0 Å². The highest BCUT2D eigenvalue weighted by Crippen LogP contribution is 2.30. The lowest BCUT2D eigenvalue weighted by molar-refractivity contribution is 0.280. The van der Waals surface area contributed by atoms with Crippen LogP contribution >= 0.6 is 0 Å². The molecule has 1 fully saturated rings. The van der Waals surface area contributed by atoms with Crippen molar-refractivity contribution >= 4 is 11.9 Å². The zero-order valence-electron chi connectivity index (χ0n) is 12.8. The Kier molecular flexibility index (Phi) is 4.98. The van der Waals surface area contributed by atoms with Crippen molar-refractivity contribution in [2.24, 2.45) is 11.8 Å². The highest BCUT2D eigenvalue weighted by atomic mass is 16.5. The number of ether oxygens (including phenoxy) is 1. The van der Waals surface area contributed by atoms with Gasteiger partial charge in [-0.25, -0.2) is 0 Å². The molecule has 0 amide bonds. The third-order valence-corrected chi connectivity index (χ3v) is 3.64. The Morgan fingerprint density at radius 3 is 2.30 bits per heavy atom. The summed E-state index contributed by atoms with van der Waals surface area (Å²) in [4.78, 5) is 12.8. The number of nitrogens with one attached hydrogen (secondary N) is 2. The number of nitrogens with zero attached hydrogens (tertiary/aromatic N) is 3. The van der Waals surface area contributed by atoms with E-state index >= 15 is 0 Å². The van der Waals surface area contributed by atoms with Crippen LogP contribution in [0.1, 0.15) is 40.0 Å². The van der Waals surface area contributed by atoms with Crippen LogP contribution in [0.15, 0.2) is 0 Å². The predicted octanol–water partition coefficient (Wildman–Crippen LogP) is 2.55. The maximum Gasteiger partial charge on any atom is 0.322 e. The molecule has 1 aliphatic rings. The minimum atomic E-state index is 0.343. The van der Waals surface area contributed by atoms with Crippen LogP contribution in [0.25, 0.3) is 0 Å². The molecule has 6 heteroatoms. The van der Waals surface area contributed by atoms with Gasteiger partial charge in [0, 0.05) is 12.6 Å². The van der Waals surface area contributed by atoms with E-state index in [0.717, 1.165) is 31.2 Å². The zero-order valence-corrected chi connectivity index (χ0v) is 12.8. The minimum absolute atomic E-state index is 0.343. The van der Waals surface area contributed by atoms with Crippen LogP contribution in [0.2, 0.25) is 0 Å². The predicted molar refractivity (Wildman–Crippen MR) is 80.1 cm³/mol. The molecule has 0 bridgehead atoms. The molecular weight excluding hydrogens is 254 g/mol. The normalized spacial score (nSPS) is 26.1. The highest BCUT2D eigenvalue weighted by molar-refractivity contribution is 5.36. The molecule has 1 aliphatic carbocycles. The molecule has 1 aromatic rings. The Morgan fingerprint density at radius 2 is 1.70 bits per heavy atom. The second-order valence-corrected chi connectivity index (χ2v) is 5.76. The van der Waals surface area contributed by atoms with E-state index in [0.29, 0.717) is 23.9 Å². The largest absolute Gasteiger partial charge is 0.467 e. The van der Waals surface area contributed by atoms with E-state index < -0.39 is 0 Å². The second-order valence-electron chi connectivity index (χ2n) is 5.76. The molecule has 0 saturated heterocycles. The average Bonchev–Trinajstić information content (AvgIpc) is 2.37. The first-order valence-electron chi connectivity index (χ1n) is 7.41. The van der Waals surface area contributed by atoms with Gasteiger partial charge in [0.25, 0.3) is 0 Å². The first kappa shape index (κ1) is 14.8. The van der Waals surface area contributed by atoms with Crippen LogP contribution in [-0.2, 0) is 0 Å². The summed E-state index contributed by atoms with van der Waals surface area (Å²) in [6.45, 7) is 7.39. The molecule has 0 aliphatic heterocycles. The van der Waals surface area contributed by atoms with Crippen molar-refractivity contribution in [3.8, 4) is 6.01 Å². The fourth-order valence-corrected chi connectivity index (χ4v) is 3.00. The van der Waals surface area contributed by atoms with Gasteiger partial charge in [-0.1, -0.05) is 13.8 Å². The number of methoxy groups -OCH3 is 1. The first-order valence-corrected chi connectivity index (χ1v) is 7.41. The van der Waals surface area contributed by atoms with Gasteiger partial charge in [-0.05, 0) is 38.0 Å². The molecule has 0 radical (unpaired) electrons. The summed E-state index contributed by atoms with van der Waals surface area (Å²) in [5.41, 5.74) is 0. The lowest BCUT2D eigenvalue weighted by atomic mass is 9.80. The van der Waals surface area contributed by atoms with Gasteiger partial charge in [0.05, 0.1) is 7.11 Å². The van der Waals surface area contributed by atoms with Gasteiger partial charge >= 0.3 is 6.01 Å². The fourth-order valence-electron chi connectivity index (χ4n) is 3.00. The standard InChI is InChI=1S/C14H25N5O/c1-5-15-12-17-13(19-14(18-12)20-4)16-11-7-9(2)6-10(3)8-11/h9-11H,5-8H2,1-4H3,(H2,15,16,17,18,19). The summed E-state index contributed by atoms with van der Waals surface area (Å²) < 4.78 is 5.13. The fraction of sp³-hybridized carbons (Fsp3) is 0.786. The van der Waals surface area contributed by atoms with Crippen LogP contribution in [0.3, 0.4) is 0 Å². The molecule has 20 heavy (non-hydrogen) atoms. The SMILES string of the molecule is CCNc1nc(NC2CC(C)CC(C)C2)nc(OC)n1. The summed E-state index contributed by atoms with van der Waals surface area (Å²) in [5, 5.41) is 6.53. The number of anilines is 2. The van der Waals surface area contributed by atoms with E-state index in [9.17, 15) is 0 Å². The van der Waals surface area contributed by atoms with Gasteiger partial charge in [-0.15, -0.1) is 0 Å². The lowest BCUT2D eigenvalue weighted by Gasteiger charge is -2.31. The molecule has 2 atom stereocenters. The van der Waals surface area contributed by atoms with E-state index in [4.69, 9.17) is 4.74 Å². The molecular formula is C14H25N5O. The molecule has 2 N–H and O–H groups in total. The van der Waals surface area contributed by atoms with E-state index in [2.05, 4.69) is 39.4 Å². The summed E-state index contributed by atoms with van der Waals surface area (Å²) in [6, 6.07) is 0.769. The van der Waals surface area contributed by atoms with Crippen molar-refractivity contribution in [1.29, 1.82) is 0 Å². The van der Waals surface area contributed by atoms with Gasteiger partial charge in [0.1, 0.15) is 0 Å². The Bertz CT molecular complexity index is 430. The van der Waals surface area contributed by atoms with E-state index in [1.165, 1.54) is 6.42 Å². The maximum absolute atomic E-state index is 5.13. The molecule has 1 saturated carbocycles. The molecule has 6 nitrogen and oxygen atoms in total. The molecule has 2 rings (SSSR count). The maximum atomic E-state index is 5.13. The van der Waals surface area contributed by atoms with Crippen LogP contribution in [0, 0.1) is 11.8 Å². The lowest BCUT2D eigenvalue weighted by Crippen LogP contribution is -2.31. The van der Waals surface area contributed by atoms with Crippen LogP contribution in [0.4, 0.5) is 11.9 Å². The van der Waals surface area contributed by atoms with Crippen molar-refractivity contribution in [2.45, 2.75) is 46.1 Å². The van der Waals surface area contributed by atoms with Gasteiger partial charge in [0.15, 0.2) is 0 Å². The monoisotopic (exact) mass is 279 g/mol. The Morgan fingerprint density at radius 1 is 1.05 bits per heavy atom. The molecule has 0 spiro atoms. The summed E-state index contributed by atoms with van der Waals surface area (Å²) in [7, 11) is 1.57. The highest BCUT2D eigenvalue weighted by Gasteiger charge is 2.24. The van der Waals surface area contributed by atoms with Crippen LogP contribution in [0.5, 0.6) is 6.01 Å². The van der Waals surface area contributed by atoms with Gasteiger partial charge in [-0.2, -0.15) is 15.0 Å². The summed E-state index contributed by atoms with van der Waals surface area (Å²) in [6.07, 6.45) is 3.63. The summed E-state index contributed by atoms with van der Waals surface area (Å²) in [5.74, 6) is 2.64. The van der Waals surface area contributed by atoms with Crippen molar-refractivity contribution in [1.82, 2.24) is 15.0 Å². The van der Waals surface area contributed by atoms with E-state index in [1.807, 2.05) is 6.92 Å². The summed E-state index contributed by atoms with van der Waals surface area (Å²) >= 11 is 0. The molecule has 2 unspecified atom stereocenters. The Hall–Kier alpha value is -1.59. The third kappa shape index (κ3) is 3.95. The number of hydrogen-bond donors (Lipinski definition) is 2. The minimum Gasteiger partial charge on any atom is -0.467 e. The van der Waals surface area contributed by atoms with Gasteiger partial charge in [-0.3, -0.25) is 0 Å². The van der Waals surface area contributed by atoms with E-state index in [1.54, 1.807) is 7.11 Å². The molecule has 112 valence electrons. The van der Waals surface area contributed by atoms with Crippen molar-refractivity contribution < 1.29 is 4.74 Å². The molecule has 0 aromatic carbocycles. The quantitative estimate of drug-likeness (QED) is 0.863. The smallest absolute Gasteiger partial charge is 0.322 e. The third-order valence-electron chi connectivity index (χ3n) is 3.64. The van der Waals surface area contributed by atoms with Crippen LogP contribution in [-0.4, -0.2) is 34.6 Å². The molecule has 1 aromatic heterocycles. The van der Waals surface area contributed by atoms with Gasteiger partial charge < -0.3 is 15.4 Å². The number of rotatable bonds is 5. The van der Waals surface area contributed by atoms with Crippen LogP contribution < -0.4 is 15.4 Å². The van der Waals surface area contributed by atoms with Crippen molar-refractivity contribution in [2.75, 3.05) is 24.3 Å². The average molecular weight is 279 g/mol. The second kappa shape index (κ2) is 6.72. The number of aromatic nitrogens is 3. The molecule has 1 heterocycles. The van der Waals surface area contributed by atoms with Gasteiger partial charge in [0.2, 0.25) is 11.9 Å². The first-order chi connectivity index (χ1) is 9.60. The van der Waals surface area contributed by atoms with E-state index in [-0.39, 0.29) is 0 Å². The Labute approximate surface area is 120 Å². The van der Waals surface area contributed by atoms with Crippen molar-refractivity contribution in [3.63, 3.8) is 0 Å². The topological polar surface area (TPSA) is 72.0 Å². The number of hydrogen-bond acceptors (Lipinski definition) is 6. The zero-order chi connectivity index (χ0) is 14.5.